The standard InChI is InChI=1S/C24H24ClN5O5/c1-15-12-17(5-6-18(15)25)35-14-22(31)26-10-11-34-23-9-8-21-27-28-24(30(21)29-23)16-4-7-19(32-2)20(13-16)33-3/h4-9,12-13H,10-11,14H2,1-3H3,(H,26,31). The Balaban J connectivity index is 1.33. The Labute approximate surface area is 206 Å². The van der Waals surface area contributed by atoms with Gasteiger partial charge in [0.2, 0.25) is 5.88 Å². The monoisotopic (exact) mass is 497 g/mol. The summed E-state index contributed by atoms with van der Waals surface area (Å²) in [6.45, 7) is 2.26. The van der Waals surface area contributed by atoms with Gasteiger partial charge in [0, 0.05) is 16.7 Å². The van der Waals surface area contributed by atoms with Crippen molar-refractivity contribution in [3.8, 4) is 34.5 Å². The fourth-order valence-corrected chi connectivity index (χ4v) is 3.37. The van der Waals surface area contributed by atoms with Gasteiger partial charge in [-0.05, 0) is 55.0 Å². The van der Waals surface area contributed by atoms with Crippen LogP contribution in [0.15, 0.2) is 48.5 Å². The van der Waals surface area contributed by atoms with Gasteiger partial charge in [0.1, 0.15) is 12.4 Å². The lowest BCUT2D eigenvalue weighted by atomic mass is 10.2. The average molecular weight is 498 g/mol. The van der Waals surface area contributed by atoms with Gasteiger partial charge >= 0.3 is 0 Å². The SMILES string of the molecule is COc1ccc(-c2nnc3ccc(OCCNC(=O)COc4ccc(Cl)c(C)c4)nn23)cc1OC. The molecule has 1 N–H and O–H groups in total. The first-order chi connectivity index (χ1) is 17.0. The lowest BCUT2D eigenvalue weighted by molar-refractivity contribution is -0.123. The van der Waals surface area contributed by atoms with E-state index in [4.69, 9.17) is 30.5 Å². The third-order valence-corrected chi connectivity index (χ3v) is 5.48. The molecule has 35 heavy (non-hydrogen) atoms. The van der Waals surface area contributed by atoms with E-state index >= 15 is 0 Å². The Hall–Kier alpha value is -4.05. The van der Waals surface area contributed by atoms with Gasteiger partial charge in [-0.25, -0.2) is 0 Å². The molecule has 2 aromatic heterocycles. The van der Waals surface area contributed by atoms with Crippen LogP contribution in [0.1, 0.15) is 5.56 Å². The number of hydrogen-bond donors (Lipinski definition) is 1. The number of carbonyl (C=O) groups is 1. The highest BCUT2D eigenvalue weighted by Gasteiger charge is 2.14. The van der Waals surface area contributed by atoms with Gasteiger partial charge in [-0.1, -0.05) is 11.6 Å². The molecule has 1 amide bonds. The van der Waals surface area contributed by atoms with Gasteiger partial charge in [-0.15, -0.1) is 15.3 Å². The maximum atomic E-state index is 12.0. The maximum absolute atomic E-state index is 12.0. The van der Waals surface area contributed by atoms with Gasteiger partial charge in [-0.2, -0.15) is 4.52 Å². The smallest absolute Gasteiger partial charge is 0.258 e. The number of fused-ring (bicyclic) bond motifs is 1. The summed E-state index contributed by atoms with van der Waals surface area (Å²) >= 11 is 6.00. The van der Waals surface area contributed by atoms with Crippen LogP contribution in [0.4, 0.5) is 0 Å². The van der Waals surface area contributed by atoms with E-state index in [0.29, 0.717) is 39.6 Å². The molecule has 4 rings (SSSR count). The van der Waals surface area contributed by atoms with E-state index < -0.39 is 0 Å². The van der Waals surface area contributed by atoms with Crippen LogP contribution in [0, 0.1) is 6.92 Å². The maximum Gasteiger partial charge on any atom is 0.258 e. The normalized spacial score (nSPS) is 10.7. The molecular formula is C24H24ClN5O5. The fourth-order valence-electron chi connectivity index (χ4n) is 3.26. The summed E-state index contributed by atoms with van der Waals surface area (Å²) in [5.41, 5.74) is 2.19. The number of carbonyl (C=O) groups excluding carboxylic acids is 1. The molecule has 2 heterocycles. The molecule has 0 saturated heterocycles. The molecule has 0 aliphatic carbocycles. The molecule has 11 heteroatoms. The van der Waals surface area contributed by atoms with Crippen molar-refractivity contribution in [2.24, 2.45) is 0 Å². The molecule has 0 aliphatic rings. The summed E-state index contributed by atoms with van der Waals surface area (Å²) < 4.78 is 23.4. The second-order valence-corrected chi connectivity index (χ2v) is 7.84. The largest absolute Gasteiger partial charge is 0.493 e. The van der Waals surface area contributed by atoms with Crippen molar-refractivity contribution >= 4 is 23.2 Å². The molecule has 10 nitrogen and oxygen atoms in total. The first kappa shape index (κ1) is 24.1. The van der Waals surface area contributed by atoms with Crippen LogP contribution in [-0.2, 0) is 4.79 Å². The summed E-state index contributed by atoms with van der Waals surface area (Å²) in [5, 5.41) is 16.2. The Morgan fingerprint density at radius 3 is 2.60 bits per heavy atom. The molecule has 0 radical (unpaired) electrons. The van der Waals surface area contributed by atoms with Crippen molar-refractivity contribution in [2.75, 3.05) is 34.0 Å². The molecule has 2 aromatic carbocycles. The van der Waals surface area contributed by atoms with Crippen LogP contribution < -0.4 is 24.3 Å². The average Bonchev–Trinajstić information content (AvgIpc) is 3.30. The minimum Gasteiger partial charge on any atom is -0.493 e. The predicted molar refractivity (Wildman–Crippen MR) is 130 cm³/mol. The second kappa shape index (κ2) is 10.9. The number of ether oxygens (including phenoxy) is 4. The highest BCUT2D eigenvalue weighted by molar-refractivity contribution is 6.31. The van der Waals surface area contributed by atoms with Gasteiger partial charge < -0.3 is 24.3 Å². The van der Waals surface area contributed by atoms with Crippen molar-refractivity contribution < 1.29 is 23.7 Å². The third kappa shape index (κ3) is 5.72. The van der Waals surface area contributed by atoms with Crippen LogP contribution >= 0.6 is 11.6 Å². The zero-order valence-electron chi connectivity index (χ0n) is 19.4. The highest BCUT2D eigenvalue weighted by Crippen LogP contribution is 2.31. The molecule has 4 aromatic rings. The zero-order valence-corrected chi connectivity index (χ0v) is 20.2. The fraction of sp³-hybridized carbons (Fsp3) is 0.250. The highest BCUT2D eigenvalue weighted by atomic mass is 35.5. The summed E-state index contributed by atoms with van der Waals surface area (Å²) in [7, 11) is 3.14. The number of halogens is 1. The number of amides is 1. The molecular weight excluding hydrogens is 474 g/mol. The van der Waals surface area contributed by atoms with Crippen LogP contribution in [0.2, 0.25) is 5.02 Å². The van der Waals surface area contributed by atoms with Crippen molar-refractivity contribution in [3.63, 3.8) is 0 Å². The summed E-state index contributed by atoms with van der Waals surface area (Å²) in [6, 6.07) is 14.1. The first-order valence-electron chi connectivity index (χ1n) is 10.7. The van der Waals surface area contributed by atoms with Crippen LogP contribution in [-0.4, -0.2) is 59.7 Å². The number of benzene rings is 2. The van der Waals surface area contributed by atoms with E-state index in [1.165, 1.54) is 0 Å². The van der Waals surface area contributed by atoms with Gasteiger partial charge in [0.15, 0.2) is 29.6 Å². The number of nitrogens with one attached hydrogen (secondary N) is 1. The third-order valence-electron chi connectivity index (χ3n) is 5.05. The van der Waals surface area contributed by atoms with E-state index in [0.717, 1.165) is 11.1 Å². The molecule has 0 unspecified atom stereocenters. The van der Waals surface area contributed by atoms with Gasteiger partial charge in [-0.3, -0.25) is 4.79 Å². The quantitative estimate of drug-likeness (QED) is 0.332. The molecule has 0 atom stereocenters. The van der Waals surface area contributed by atoms with E-state index in [9.17, 15) is 4.79 Å². The zero-order chi connectivity index (χ0) is 24.8. The number of aryl methyl sites for hydroxylation is 1. The second-order valence-electron chi connectivity index (χ2n) is 7.43. The lowest BCUT2D eigenvalue weighted by Crippen LogP contribution is -2.32. The Morgan fingerprint density at radius 1 is 1.00 bits per heavy atom. The van der Waals surface area contributed by atoms with Crippen molar-refractivity contribution in [1.29, 1.82) is 0 Å². The minimum atomic E-state index is -0.265. The number of rotatable bonds is 10. The molecule has 182 valence electrons. The lowest BCUT2D eigenvalue weighted by Gasteiger charge is -2.10. The van der Waals surface area contributed by atoms with E-state index in [-0.39, 0.29) is 25.7 Å². The molecule has 0 spiro atoms. The van der Waals surface area contributed by atoms with Crippen molar-refractivity contribution in [3.05, 3.63) is 59.1 Å². The number of aromatic nitrogens is 4. The van der Waals surface area contributed by atoms with Gasteiger partial charge in [0.05, 0.1) is 20.8 Å². The molecule has 0 aliphatic heterocycles. The topological polar surface area (TPSA) is 109 Å². The summed E-state index contributed by atoms with van der Waals surface area (Å²) in [6.07, 6.45) is 0. The number of nitrogens with zero attached hydrogens (tertiary/aromatic N) is 4. The molecule has 0 bridgehead atoms. The predicted octanol–water partition coefficient (Wildman–Crippen LogP) is 3.34. The Bertz CT molecular complexity index is 1340. The van der Waals surface area contributed by atoms with Gasteiger partial charge in [0.25, 0.3) is 5.91 Å². The Kier molecular flexibility index (Phi) is 7.51. The number of methoxy groups -OCH3 is 2. The van der Waals surface area contributed by atoms with Crippen LogP contribution in [0.5, 0.6) is 23.1 Å². The molecule has 0 saturated carbocycles. The van der Waals surface area contributed by atoms with Crippen molar-refractivity contribution in [1.82, 2.24) is 25.1 Å². The number of hydrogen-bond acceptors (Lipinski definition) is 8. The Morgan fingerprint density at radius 2 is 1.83 bits per heavy atom. The summed E-state index contributed by atoms with van der Waals surface area (Å²) in [4.78, 5) is 12.0. The van der Waals surface area contributed by atoms with Crippen LogP contribution in [0.3, 0.4) is 0 Å². The van der Waals surface area contributed by atoms with E-state index in [1.54, 1.807) is 61.2 Å². The minimum absolute atomic E-state index is 0.110. The molecule has 0 fully saturated rings. The van der Waals surface area contributed by atoms with Crippen LogP contribution in [0.25, 0.3) is 17.0 Å². The van der Waals surface area contributed by atoms with E-state index in [2.05, 4.69) is 20.6 Å². The van der Waals surface area contributed by atoms with Crippen molar-refractivity contribution in [2.45, 2.75) is 6.92 Å². The summed E-state index contributed by atoms with van der Waals surface area (Å²) in [5.74, 6) is 2.38. The first-order valence-corrected chi connectivity index (χ1v) is 11.1. The van der Waals surface area contributed by atoms with E-state index in [1.807, 2.05) is 13.0 Å².